The number of hydrogen-bond acceptors (Lipinski definition) is 3. The highest BCUT2D eigenvalue weighted by atomic mass is 32.1. The van der Waals surface area contributed by atoms with Gasteiger partial charge in [-0.15, -0.1) is 11.3 Å². The van der Waals surface area contributed by atoms with Gasteiger partial charge in [-0.1, -0.05) is 69.4 Å². The van der Waals surface area contributed by atoms with Crippen LogP contribution >= 0.6 is 11.3 Å². The highest BCUT2D eigenvalue weighted by Gasteiger charge is 2.21. The topological polar surface area (TPSA) is 42.0 Å². The van der Waals surface area contributed by atoms with E-state index in [1.54, 1.807) is 11.3 Å². The van der Waals surface area contributed by atoms with Gasteiger partial charge in [0.05, 0.1) is 10.6 Å². The summed E-state index contributed by atoms with van der Waals surface area (Å²) in [5.74, 6) is 0.0100. The molecule has 0 bridgehead atoms. The Morgan fingerprint density at radius 3 is 2.64 bits per heavy atom. The lowest BCUT2D eigenvalue weighted by Crippen LogP contribution is -2.36. The number of aryl methyl sites for hydroxylation is 1. The fourth-order valence-electron chi connectivity index (χ4n) is 3.47. The second-order valence-electron chi connectivity index (χ2n) is 6.93. The van der Waals surface area contributed by atoms with Gasteiger partial charge in [-0.2, -0.15) is 0 Å². The predicted octanol–water partition coefficient (Wildman–Crippen LogP) is 5.61. The van der Waals surface area contributed by atoms with E-state index in [2.05, 4.69) is 24.4 Å². The normalized spacial score (nSPS) is 15.2. The van der Waals surface area contributed by atoms with Gasteiger partial charge in [-0.3, -0.25) is 4.79 Å². The number of thiazole rings is 1. The van der Waals surface area contributed by atoms with Crippen molar-refractivity contribution in [2.45, 2.75) is 70.8 Å². The summed E-state index contributed by atoms with van der Waals surface area (Å²) in [6.07, 6.45) is 10.4. The van der Waals surface area contributed by atoms with E-state index >= 15 is 0 Å². The van der Waals surface area contributed by atoms with Crippen LogP contribution < -0.4 is 5.32 Å². The van der Waals surface area contributed by atoms with Gasteiger partial charge in [-0.25, -0.2) is 4.98 Å². The first-order chi connectivity index (χ1) is 12.3. The quantitative estimate of drug-likeness (QED) is 0.656. The Labute approximate surface area is 154 Å². The number of amides is 1. The van der Waals surface area contributed by atoms with Crippen molar-refractivity contribution >= 4 is 17.2 Å². The molecule has 1 saturated carbocycles. The van der Waals surface area contributed by atoms with E-state index < -0.39 is 0 Å². The standard InChI is InChI=1S/C21H28N2OS/c1-2-3-6-15-18-19(16-11-7-4-8-12-16)25-21(23-18)20(24)22-17-13-9-5-10-14-17/h4,7-8,11-12,17H,2-3,5-6,9-10,13-15H2,1H3,(H,22,24). The zero-order valence-electron chi connectivity index (χ0n) is 15.1. The zero-order valence-corrected chi connectivity index (χ0v) is 15.9. The van der Waals surface area contributed by atoms with E-state index in [0.717, 1.165) is 36.3 Å². The van der Waals surface area contributed by atoms with Crippen molar-refractivity contribution in [3.05, 3.63) is 41.0 Å². The highest BCUT2D eigenvalue weighted by Crippen LogP contribution is 2.31. The number of rotatable bonds is 7. The van der Waals surface area contributed by atoms with E-state index in [1.165, 1.54) is 37.7 Å². The third-order valence-electron chi connectivity index (χ3n) is 4.89. The minimum atomic E-state index is 0.0100. The van der Waals surface area contributed by atoms with Crippen LogP contribution in [-0.2, 0) is 6.42 Å². The average molecular weight is 357 g/mol. The molecule has 2 aromatic rings. The average Bonchev–Trinajstić information content (AvgIpc) is 3.08. The smallest absolute Gasteiger partial charge is 0.280 e. The fraction of sp³-hybridized carbons (Fsp3) is 0.524. The first-order valence-corrected chi connectivity index (χ1v) is 10.5. The number of benzene rings is 1. The maximum Gasteiger partial charge on any atom is 0.280 e. The van der Waals surface area contributed by atoms with Crippen LogP contribution in [0, 0.1) is 0 Å². The molecule has 1 aromatic heterocycles. The Kier molecular flexibility index (Phi) is 6.62. The molecule has 1 aromatic carbocycles. The summed E-state index contributed by atoms with van der Waals surface area (Å²) in [5, 5.41) is 3.82. The lowest BCUT2D eigenvalue weighted by atomic mass is 9.95. The maximum absolute atomic E-state index is 12.7. The van der Waals surface area contributed by atoms with E-state index in [0.29, 0.717) is 11.0 Å². The number of carbonyl (C=O) groups is 1. The molecule has 1 heterocycles. The molecule has 4 heteroatoms. The number of carbonyl (C=O) groups excluding carboxylic acids is 1. The van der Waals surface area contributed by atoms with Gasteiger partial charge < -0.3 is 5.32 Å². The molecule has 0 radical (unpaired) electrons. The van der Waals surface area contributed by atoms with Gasteiger partial charge in [0, 0.05) is 6.04 Å². The molecule has 1 aliphatic carbocycles. The third kappa shape index (κ3) is 4.91. The van der Waals surface area contributed by atoms with Gasteiger partial charge in [-0.05, 0) is 31.2 Å². The van der Waals surface area contributed by atoms with Crippen LogP contribution in [0.5, 0.6) is 0 Å². The number of aromatic nitrogens is 1. The minimum absolute atomic E-state index is 0.0100. The summed E-state index contributed by atoms with van der Waals surface area (Å²) < 4.78 is 0. The van der Waals surface area contributed by atoms with Crippen LogP contribution in [0.2, 0.25) is 0 Å². The SMILES string of the molecule is CCCCCc1nc(C(=O)NC2CCCCC2)sc1-c1ccccc1. The Morgan fingerprint density at radius 1 is 1.16 bits per heavy atom. The molecular weight excluding hydrogens is 328 g/mol. The van der Waals surface area contributed by atoms with Crippen molar-refractivity contribution < 1.29 is 4.79 Å². The molecule has 0 atom stereocenters. The van der Waals surface area contributed by atoms with Gasteiger partial charge >= 0.3 is 0 Å². The molecule has 25 heavy (non-hydrogen) atoms. The molecule has 0 unspecified atom stereocenters. The minimum Gasteiger partial charge on any atom is -0.347 e. The summed E-state index contributed by atoms with van der Waals surface area (Å²) in [4.78, 5) is 18.6. The zero-order chi connectivity index (χ0) is 17.5. The van der Waals surface area contributed by atoms with Crippen molar-refractivity contribution in [1.29, 1.82) is 0 Å². The van der Waals surface area contributed by atoms with Crippen LogP contribution in [0.25, 0.3) is 10.4 Å². The molecule has 1 aliphatic rings. The van der Waals surface area contributed by atoms with Crippen molar-refractivity contribution in [2.24, 2.45) is 0 Å². The Morgan fingerprint density at radius 2 is 1.92 bits per heavy atom. The number of unbranched alkanes of at least 4 members (excludes halogenated alkanes) is 2. The lowest BCUT2D eigenvalue weighted by Gasteiger charge is -2.22. The lowest BCUT2D eigenvalue weighted by molar-refractivity contribution is 0.0927. The highest BCUT2D eigenvalue weighted by molar-refractivity contribution is 7.17. The summed E-state index contributed by atoms with van der Waals surface area (Å²) in [5.41, 5.74) is 2.25. The van der Waals surface area contributed by atoms with Crippen LogP contribution in [0.3, 0.4) is 0 Å². The summed E-state index contributed by atoms with van der Waals surface area (Å²) >= 11 is 1.54. The molecule has 1 amide bonds. The van der Waals surface area contributed by atoms with Crippen LogP contribution in [0.15, 0.2) is 30.3 Å². The van der Waals surface area contributed by atoms with Crippen LogP contribution in [0.4, 0.5) is 0 Å². The molecule has 1 fully saturated rings. The molecule has 0 spiro atoms. The van der Waals surface area contributed by atoms with Gasteiger partial charge in [0.15, 0.2) is 5.01 Å². The first kappa shape index (κ1) is 18.1. The molecule has 134 valence electrons. The number of nitrogens with one attached hydrogen (secondary N) is 1. The molecule has 0 aliphatic heterocycles. The summed E-state index contributed by atoms with van der Waals surface area (Å²) in [6, 6.07) is 10.7. The Balaban J connectivity index is 1.78. The second kappa shape index (κ2) is 9.14. The van der Waals surface area contributed by atoms with E-state index in [9.17, 15) is 4.79 Å². The van der Waals surface area contributed by atoms with E-state index in [1.807, 2.05) is 18.2 Å². The number of nitrogens with zero attached hydrogens (tertiary/aromatic N) is 1. The van der Waals surface area contributed by atoms with E-state index in [-0.39, 0.29) is 5.91 Å². The molecular formula is C21H28N2OS. The van der Waals surface area contributed by atoms with Gasteiger partial charge in [0.25, 0.3) is 5.91 Å². The first-order valence-electron chi connectivity index (χ1n) is 9.64. The van der Waals surface area contributed by atoms with Gasteiger partial charge in [0.1, 0.15) is 0 Å². The summed E-state index contributed by atoms with van der Waals surface area (Å²) in [6.45, 7) is 2.21. The van der Waals surface area contributed by atoms with Crippen LogP contribution in [-0.4, -0.2) is 16.9 Å². The molecule has 3 nitrogen and oxygen atoms in total. The maximum atomic E-state index is 12.7. The monoisotopic (exact) mass is 356 g/mol. The fourth-order valence-corrected chi connectivity index (χ4v) is 4.49. The summed E-state index contributed by atoms with van der Waals surface area (Å²) in [7, 11) is 0. The Bertz CT molecular complexity index is 674. The predicted molar refractivity (Wildman–Crippen MR) is 105 cm³/mol. The largest absolute Gasteiger partial charge is 0.347 e. The van der Waals surface area contributed by atoms with Crippen LogP contribution in [0.1, 0.15) is 73.8 Å². The number of hydrogen-bond donors (Lipinski definition) is 1. The van der Waals surface area contributed by atoms with E-state index in [4.69, 9.17) is 4.98 Å². The molecule has 3 rings (SSSR count). The van der Waals surface area contributed by atoms with Crippen molar-refractivity contribution in [3.63, 3.8) is 0 Å². The molecule has 0 saturated heterocycles. The Hall–Kier alpha value is -1.68. The van der Waals surface area contributed by atoms with Crippen molar-refractivity contribution in [1.82, 2.24) is 10.3 Å². The van der Waals surface area contributed by atoms with Crippen molar-refractivity contribution in [3.8, 4) is 10.4 Å². The second-order valence-corrected chi connectivity index (χ2v) is 7.93. The van der Waals surface area contributed by atoms with Crippen molar-refractivity contribution in [2.75, 3.05) is 0 Å². The molecule has 1 N–H and O–H groups in total. The van der Waals surface area contributed by atoms with Gasteiger partial charge in [0.2, 0.25) is 0 Å². The third-order valence-corrected chi connectivity index (χ3v) is 6.03.